The smallest absolute Gasteiger partial charge is 0.167 e. The van der Waals surface area contributed by atoms with Crippen molar-refractivity contribution in [1.29, 1.82) is 0 Å². The van der Waals surface area contributed by atoms with Gasteiger partial charge in [0.15, 0.2) is 5.78 Å². The fraction of sp³-hybridized carbons (Fsp3) is 0.0952. The lowest BCUT2D eigenvalue weighted by Crippen LogP contribution is -2.03. The van der Waals surface area contributed by atoms with Crippen LogP contribution in [0.3, 0.4) is 0 Å². The molecule has 1 aliphatic rings. The van der Waals surface area contributed by atoms with Crippen molar-refractivity contribution in [2.24, 2.45) is 0 Å². The summed E-state index contributed by atoms with van der Waals surface area (Å²) in [7, 11) is 0. The fourth-order valence-electron chi connectivity index (χ4n) is 3.23. The van der Waals surface area contributed by atoms with Gasteiger partial charge in [-0.25, -0.2) is 0 Å². The predicted octanol–water partition coefficient (Wildman–Crippen LogP) is 4.34. The maximum atomic E-state index is 12.5. The van der Waals surface area contributed by atoms with Gasteiger partial charge in [0.2, 0.25) is 0 Å². The van der Waals surface area contributed by atoms with Crippen molar-refractivity contribution in [2.45, 2.75) is 12.8 Å². The van der Waals surface area contributed by atoms with Gasteiger partial charge in [-0.15, -0.1) is 0 Å². The Morgan fingerprint density at radius 1 is 0.792 bits per heavy atom. The van der Waals surface area contributed by atoms with Crippen LogP contribution in [0.2, 0.25) is 0 Å². The maximum Gasteiger partial charge on any atom is 0.167 e. The maximum absolute atomic E-state index is 12.5. The van der Waals surface area contributed by atoms with Gasteiger partial charge >= 0.3 is 0 Å². The van der Waals surface area contributed by atoms with Crippen LogP contribution >= 0.6 is 0 Å². The minimum absolute atomic E-state index is 0.192. The molecule has 24 heavy (non-hydrogen) atoms. The van der Waals surface area contributed by atoms with Crippen molar-refractivity contribution >= 4 is 22.8 Å². The molecule has 0 saturated heterocycles. The summed E-state index contributed by atoms with van der Waals surface area (Å²) in [4.78, 5) is 12.5. The summed E-state index contributed by atoms with van der Waals surface area (Å²) in [6.07, 6.45) is 1.23. The Labute approximate surface area is 141 Å². The van der Waals surface area contributed by atoms with E-state index in [1.54, 1.807) is 0 Å². The molecule has 118 valence electrons. The first-order valence-corrected chi connectivity index (χ1v) is 8.05. The average Bonchev–Trinajstić information content (AvgIpc) is 2.73. The van der Waals surface area contributed by atoms with Gasteiger partial charge in [-0.1, -0.05) is 42.5 Å². The highest BCUT2D eigenvalue weighted by Gasteiger charge is 2.19. The van der Waals surface area contributed by atoms with Gasteiger partial charge in [-0.2, -0.15) is 0 Å². The Kier molecular flexibility index (Phi) is 3.54. The number of ketones is 1. The number of nitrogens with one attached hydrogen (secondary N) is 1. The number of benzene rings is 3. The lowest BCUT2D eigenvalue weighted by Gasteiger charge is -2.12. The summed E-state index contributed by atoms with van der Waals surface area (Å²) in [5, 5.41) is 3.37. The molecule has 4 rings (SSSR count). The van der Waals surface area contributed by atoms with Gasteiger partial charge < -0.3 is 11.1 Å². The SMILES string of the molecule is Nc1ccccc1Nc1ccc2c(c1)Cc1ccccc1C(=O)C2. The third-order valence-corrected chi connectivity index (χ3v) is 4.50. The average molecular weight is 314 g/mol. The van der Waals surface area contributed by atoms with Crippen LogP contribution in [-0.4, -0.2) is 5.78 Å². The molecule has 0 fully saturated rings. The zero-order chi connectivity index (χ0) is 16.5. The largest absolute Gasteiger partial charge is 0.397 e. The van der Waals surface area contributed by atoms with Gasteiger partial charge in [0.25, 0.3) is 0 Å². The summed E-state index contributed by atoms with van der Waals surface area (Å²) in [5.74, 6) is 0.192. The van der Waals surface area contributed by atoms with Crippen LogP contribution in [0.5, 0.6) is 0 Å². The molecule has 0 radical (unpaired) electrons. The van der Waals surface area contributed by atoms with Gasteiger partial charge in [0, 0.05) is 17.7 Å². The van der Waals surface area contributed by atoms with Crippen LogP contribution in [0.1, 0.15) is 27.0 Å². The number of Topliss-reactive ketones (excluding diaryl/α,β-unsaturated/α-hetero) is 1. The predicted molar refractivity (Wildman–Crippen MR) is 97.9 cm³/mol. The first kappa shape index (κ1) is 14.5. The van der Waals surface area contributed by atoms with Crippen molar-refractivity contribution in [3.05, 3.63) is 89.0 Å². The third-order valence-electron chi connectivity index (χ3n) is 4.50. The van der Waals surface area contributed by atoms with Crippen LogP contribution < -0.4 is 11.1 Å². The highest BCUT2D eigenvalue weighted by atomic mass is 16.1. The van der Waals surface area contributed by atoms with Crippen LogP contribution in [0.15, 0.2) is 66.7 Å². The molecular formula is C21H18N2O. The number of carbonyl (C=O) groups excluding carboxylic acids is 1. The van der Waals surface area contributed by atoms with Crippen molar-refractivity contribution in [3.63, 3.8) is 0 Å². The molecule has 0 aliphatic heterocycles. The first-order chi connectivity index (χ1) is 11.7. The van der Waals surface area contributed by atoms with E-state index in [1.165, 1.54) is 5.56 Å². The molecule has 0 atom stereocenters. The Balaban J connectivity index is 1.70. The molecule has 0 amide bonds. The molecule has 3 aromatic carbocycles. The second-order valence-corrected chi connectivity index (χ2v) is 6.13. The monoisotopic (exact) mass is 314 g/mol. The Bertz CT molecular complexity index is 931. The number of rotatable bonds is 2. The molecule has 3 N–H and O–H groups in total. The van der Waals surface area contributed by atoms with E-state index in [-0.39, 0.29) is 5.78 Å². The number of fused-ring (bicyclic) bond motifs is 2. The van der Waals surface area contributed by atoms with E-state index in [4.69, 9.17) is 5.73 Å². The minimum atomic E-state index is 0.192. The number of para-hydroxylation sites is 2. The summed E-state index contributed by atoms with van der Waals surface area (Å²) in [5.41, 5.74) is 12.8. The normalized spacial score (nSPS) is 12.9. The summed E-state index contributed by atoms with van der Waals surface area (Å²) < 4.78 is 0. The summed E-state index contributed by atoms with van der Waals surface area (Å²) in [6.45, 7) is 0. The van der Waals surface area contributed by atoms with E-state index < -0.39 is 0 Å². The van der Waals surface area contributed by atoms with Gasteiger partial charge in [-0.3, -0.25) is 4.79 Å². The van der Waals surface area contributed by atoms with E-state index in [9.17, 15) is 4.79 Å². The molecule has 0 saturated carbocycles. The second-order valence-electron chi connectivity index (χ2n) is 6.13. The van der Waals surface area contributed by atoms with E-state index in [0.29, 0.717) is 12.1 Å². The van der Waals surface area contributed by atoms with E-state index in [1.807, 2.05) is 60.7 Å². The molecule has 0 unspecified atom stereocenters. The molecule has 0 spiro atoms. The van der Waals surface area contributed by atoms with Crippen LogP contribution in [-0.2, 0) is 12.8 Å². The number of nitrogen functional groups attached to an aromatic ring is 1. The minimum Gasteiger partial charge on any atom is -0.397 e. The first-order valence-electron chi connectivity index (χ1n) is 8.05. The lowest BCUT2D eigenvalue weighted by molar-refractivity contribution is 0.0993. The van der Waals surface area contributed by atoms with Crippen molar-refractivity contribution in [1.82, 2.24) is 0 Å². The molecule has 3 aromatic rings. The van der Waals surface area contributed by atoms with Crippen molar-refractivity contribution in [3.8, 4) is 0 Å². The zero-order valence-corrected chi connectivity index (χ0v) is 13.3. The topological polar surface area (TPSA) is 55.1 Å². The number of hydrogen-bond donors (Lipinski definition) is 2. The van der Waals surface area contributed by atoms with Gasteiger partial charge in [0.05, 0.1) is 11.4 Å². The summed E-state index contributed by atoms with van der Waals surface area (Å²) >= 11 is 0. The number of carbonyl (C=O) groups is 1. The quantitative estimate of drug-likeness (QED) is 0.692. The highest BCUT2D eigenvalue weighted by Crippen LogP contribution is 2.29. The number of anilines is 3. The van der Waals surface area contributed by atoms with Crippen LogP contribution in [0.4, 0.5) is 17.1 Å². The second kappa shape index (κ2) is 5.85. The number of hydrogen-bond acceptors (Lipinski definition) is 3. The van der Waals surface area contributed by atoms with Gasteiger partial charge in [-0.05, 0) is 47.4 Å². The molecule has 0 heterocycles. The van der Waals surface area contributed by atoms with E-state index in [0.717, 1.165) is 34.5 Å². The Morgan fingerprint density at radius 3 is 2.46 bits per heavy atom. The van der Waals surface area contributed by atoms with E-state index >= 15 is 0 Å². The van der Waals surface area contributed by atoms with Gasteiger partial charge in [0.1, 0.15) is 0 Å². The molecular weight excluding hydrogens is 296 g/mol. The van der Waals surface area contributed by atoms with Crippen LogP contribution in [0.25, 0.3) is 0 Å². The standard InChI is InChI=1S/C21H18N2O/c22-19-7-3-4-8-20(19)23-17-10-9-14-13-21(24)18-6-2-1-5-15(18)11-16(14)12-17/h1-10,12,23H,11,13,22H2. The van der Waals surface area contributed by atoms with Crippen molar-refractivity contribution in [2.75, 3.05) is 11.1 Å². The Morgan fingerprint density at radius 2 is 1.58 bits per heavy atom. The molecule has 3 nitrogen and oxygen atoms in total. The summed E-state index contributed by atoms with van der Waals surface area (Å²) in [6, 6.07) is 21.8. The lowest BCUT2D eigenvalue weighted by atomic mass is 10.00. The van der Waals surface area contributed by atoms with Crippen molar-refractivity contribution < 1.29 is 4.79 Å². The molecule has 0 aromatic heterocycles. The van der Waals surface area contributed by atoms with Crippen LogP contribution in [0, 0.1) is 0 Å². The highest BCUT2D eigenvalue weighted by molar-refractivity contribution is 6.00. The molecule has 1 aliphatic carbocycles. The zero-order valence-electron chi connectivity index (χ0n) is 13.3. The number of nitrogens with two attached hydrogens (primary N) is 1. The Hall–Kier alpha value is -3.07. The molecule has 3 heteroatoms. The third kappa shape index (κ3) is 2.65. The van der Waals surface area contributed by atoms with E-state index in [2.05, 4.69) is 11.4 Å². The fourth-order valence-corrected chi connectivity index (χ4v) is 3.23. The molecule has 0 bridgehead atoms.